The highest BCUT2D eigenvalue weighted by Gasteiger charge is 2.13. The van der Waals surface area contributed by atoms with Crippen LogP contribution in [0.3, 0.4) is 0 Å². The van der Waals surface area contributed by atoms with Gasteiger partial charge in [-0.05, 0) is 35.9 Å². The summed E-state index contributed by atoms with van der Waals surface area (Å²) in [6, 6.07) is 10.6. The molecule has 0 heterocycles. The Balaban J connectivity index is 2.53. The zero-order chi connectivity index (χ0) is 14.5. The Morgan fingerprint density at radius 2 is 2.00 bits per heavy atom. The van der Waals surface area contributed by atoms with Gasteiger partial charge in [-0.3, -0.25) is 0 Å². The molecular formula is C16H17ClFNO. The lowest BCUT2D eigenvalue weighted by Gasteiger charge is -2.13. The topological polar surface area (TPSA) is 21.3 Å². The third-order valence-electron chi connectivity index (χ3n) is 3.11. The van der Waals surface area contributed by atoms with Crippen LogP contribution in [0.1, 0.15) is 12.5 Å². The van der Waals surface area contributed by atoms with Gasteiger partial charge in [-0.25, -0.2) is 4.39 Å². The maximum absolute atomic E-state index is 14.4. The maximum Gasteiger partial charge on any atom is 0.172 e. The molecule has 2 nitrogen and oxygen atoms in total. The largest absolute Gasteiger partial charge is 0.494 e. The van der Waals surface area contributed by atoms with Crippen LogP contribution < -0.4 is 10.1 Å². The number of nitrogens with one attached hydrogen (secondary N) is 1. The zero-order valence-corrected chi connectivity index (χ0v) is 12.3. The molecule has 0 aliphatic rings. The van der Waals surface area contributed by atoms with E-state index in [0.29, 0.717) is 17.1 Å². The number of rotatable bonds is 5. The summed E-state index contributed by atoms with van der Waals surface area (Å²) in [5.41, 5.74) is 2.29. The number of methoxy groups -OCH3 is 1. The Hall–Kier alpha value is -1.58. The summed E-state index contributed by atoms with van der Waals surface area (Å²) in [5.74, 6) is -0.133. The molecule has 0 saturated heterocycles. The Bertz CT molecular complexity index is 601. The molecule has 2 rings (SSSR count). The summed E-state index contributed by atoms with van der Waals surface area (Å²) in [6.45, 7) is 3.55. The molecule has 106 valence electrons. The standard InChI is InChI=1S/C16H17ClFNO/c1-3-19-10-11-7-8-12(17)9-14(11)13-5-4-6-15(20-2)16(13)18/h4-9,19H,3,10H2,1-2H3. The third-order valence-corrected chi connectivity index (χ3v) is 3.35. The first kappa shape index (κ1) is 14.8. The Labute approximate surface area is 123 Å². The molecule has 4 heteroatoms. The van der Waals surface area contributed by atoms with E-state index < -0.39 is 0 Å². The number of hydrogen-bond acceptors (Lipinski definition) is 2. The number of halogens is 2. The van der Waals surface area contributed by atoms with Gasteiger partial charge in [-0.2, -0.15) is 0 Å². The summed E-state index contributed by atoms with van der Waals surface area (Å²) in [5, 5.41) is 3.83. The summed E-state index contributed by atoms with van der Waals surface area (Å²) in [6.07, 6.45) is 0. The van der Waals surface area contributed by atoms with Crippen molar-refractivity contribution < 1.29 is 9.13 Å². The van der Waals surface area contributed by atoms with Crippen LogP contribution in [0.4, 0.5) is 4.39 Å². The fourth-order valence-electron chi connectivity index (χ4n) is 2.09. The van der Waals surface area contributed by atoms with Crippen molar-refractivity contribution in [3.05, 3.63) is 52.8 Å². The monoisotopic (exact) mass is 293 g/mol. The molecule has 2 aromatic carbocycles. The lowest BCUT2D eigenvalue weighted by Crippen LogP contribution is -2.12. The summed E-state index contributed by atoms with van der Waals surface area (Å²) >= 11 is 6.05. The minimum atomic E-state index is -0.366. The van der Waals surface area contributed by atoms with Gasteiger partial charge in [0.2, 0.25) is 0 Å². The van der Waals surface area contributed by atoms with Crippen LogP contribution in [0, 0.1) is 5.82 Å². The van der Waals surface area contributed by atoms with Crippen molar-refractivity contribution in [3.63, 3.8) is 0 Å². The molecule has 0 aromatic heterocycles. The molecule has 2 aromatic rings. The van der Waals surface area contributed by atoms with Gasteiger partial charge in [0.15, 0.2) is 11.6 Å². The second-order valence-electron chi connectivity index (χ2n) is 4.40. The molecule has 0 atom stereocenters. The first-order valence-corrected chi connectivity index (χ1v) is 6.87. The predicted octanol–water partition coefficient (Wildman–Crippen LogP) is 4.26. The van der Waals surface area contributed by atoms with Gasteiger partial charge in [-0.15, -0.1) is 0 Å². The van der Waals surface area contributed by atoms with E-state index in [9.17, 15) is 4.39 Å². The highest BCUT2D eigenvalue weighted by atomic mass is 35.5. The van der Waals surface area contributed by atoms with Gasteiger partial charge < -0.3 is 10.1 Å². The van der Waals surface area contributed by atoms with E-state index in [4.69, 9.17) is 16.3 Å². The highest BCUT2D eigenvalue weighted by molar-refractivity contribution is 6.30. The predicted molar refractivity (Wildman–Crippen MR) is 80.8 cm³/mol. The molecule has 0 saturated carbocycles. The number of hydrogen-bond donors (Lipinski definition) is 1. The summed E-state index contributed by atoms with van der Waals surface area (Å²) in [7, 11) is 1.46. The van der Waals surface area contributed by atoms with Crippen molar-refractivity contribution in [2.45, 2.75) is 13.5 Å². The zero-order valence-electron chi connectivity index (χ0n) is 11.5. The lowest BCUT2D eigenvalue weighted by molar-refractivity contribution is 0.387. The van der Waals surface area contributed by atoms with Crippen LogP contribution in [0.2, 0.25) is 5.02 Å². The maximum atomic E-state index is 14.4. The second-order valence-corrected chi connectivity index (χ2v) is 4.84. The highest BCUT2D eigenvalue weighted by Crippen LogP contribution is 2.32. The van der Waals surface area contributed by atoms with E-state index >= 15 is 0 Å². The van der Waals surface area contributed by atoms with Gasteiger partial charge in [0, 0.05) is 17.1 Å². The van der Waals surface area contributed by atoms with Crippen molar-refractivity contribution in [2.24, 2.45) is 0 Å². The summed E-state index contributed by atoms with van der Waals surface area (Å²) < 4.78 is 19.4. The number of benzene rings is 2. The van der Waals surface area contributed by atoms with Crippen LogP contribution in [-0.2, 0) is 6.54 Å². The third kappa shape index (κ3) is 3.11. The van der Waals surface area contributed by atoms with Crippen LogP contribution >= 0.6 is 11.6 Å². The van der Waals surface area contributed by atoms with Gasteiger partial charge in [0.1, 0.15) is 0 Å². The quantitative estimate of drug-likeness (QED) is 0.889. The Morgan fingerprint density at radius 1 is 1.20 bits per heavy atom. The molecule has 0 spiro atoms. The van der Waals surface area contributed by atoms with E-state index in [2.05, 4.69) is 5.32 Å². The molecule has 1 N–H and O–H groups in total. The Kier molecular flexibility index (Phi) is 4.99. The summed E-state index contributed by atoms with van der Waals surface area (Å²) in [4.78, 5) is 0. The Morgan fingerprint density at radius 3 is 2.70 bits per heavy atom. The van der Waals surface area contributed by atoms with Crippen LogP contribution in [0.15, 0.2) is 36.4 Å². The van der Waals surface area contributed by atoms with E-state index in [1.807, 2.05) is 19.1 Å². The molecule has 20 heavy (non-hydrogen) atoms. The van der Waals surface area contributed by atoms with Crippen molar-refractivity contribution in [2.75, 3.05) is 13.7 Å². The minimum absolute atomic E-state index is 0.233. The van der Waals surface area contributed by atoms with Gasteiger partial charge in [-0.1, -0.05) is 36.7 Å². The van der Waals surface area contributed by atoms with Gasteiger partial charge >= 0.3 is 0 Å². The fraction of sp³-hybridized carbons (Fsp3) is 0.250. The second kappa shape index (κ2) is 6.73. The molecular weight excluding hydrogens is 277 g/mol. The van der Waals surface area contributed by atoms with E-state index in [1.165, 1.54) is 7.11 Å². The number of ether oxygens (including phenoxy) is 1. The molecule has 0 radical (unpaired) electrons. The average molecular weight is 294 g/mol. The van der Waals surface area contributed by atoms with E-state index in [1.54, 1.807) is 24.3 Å². The van der Waals surface area contributed by atoms with Crippen LogP contribution in [0.25, 0.3) is 11.1 Å². The van der Waals surface area contributed by atoms with Crippen molar-refractivity contribution >= 4 is 11.6 Å². The van der Waals surface area contributed by atoms with Crippen molar-refractivity contribution in [3.8, 4) is 16.9 Å². The molecule has 0 aliphatic heterocycles. The molecule has 0 aliphatic carbocycles. The lowest BCUT2D eigenvalue weighted by atomic mass is 9.98. The van der Waals surface area contributed by atoms with Gasteiger partial charge in [0.05, 0.1) is 7.11 Å². The minimum Gasteiger partial charge on any atom is -0.494 e. The molecule has 0 fully saturated rings. The van der Waals surface area contributed by atoms with Gasteiger partial charge in [0.25, 0.3) is 0 Å². The fourth-order valence-corrected chi connectivity index (χ4v) is 2.26. The normalized spacial score (nSPS) is 10.6. The first-order chi connectivity index (χ1) is 9.67. The van der Waals surface area contributed by atoms with Crippen LogP contribution in [0.5, 0.6) is 5.75 Å². The van der Waals surface area contributed by atoms with E-state index in [-0.39, 0.29) is 11.6 Å². The average Bonchev–Trinajstić information content (AvgIpc) is 2.46. The van der Waals surface area contributed by atoms with Crippen LogP contribution in [-0.4, -0.2) is 13.7 Å². The molecule has 0 unspecified atom stereocenters. The van der Waals surface area contributed by atoms with Crippen molar-refractivity contribution in [1.29, 1.82) is 0 Å². The molecule has 0 amide bonds. The SMILES string of the molecule is CCNCc1ccc(Cl)cc1-c1cccc(OC)c1F. The first-order valence-electron chi connectivity index (χ1n) is 6.49. The van der Waals surface area contributed by atoms with E-state index in [0.717, 1.165) is 17.7 Å². The van der Waals surface area contributed by atoms with Crippen molar-refractivity contribution in [1.82, 2.24) is 5.32 Å². The molecule has 0 bridgehead atoms. The smallest absolute Gasteiger partial charge is 0.172 e.